The lowest BCUT2D eigenvalue weighted by molar-refractivity contribution is 0.878. The highest BCUT2D eigenvalue weighted by Gasteiger charge is 1.99. The zero-order chi connectivity index (χ0) is 7.02. The zero-order valence-electron chi connectivity index (χ0n) is 6.23. The number of rotatable bonds is 0. The molecule has 0 aliphatic heterocycles. The number of aromatic nitrogens is 1. The summed E-state index contributed by atoms with van der Waals surface area (Å²) >= 11 is 0. The second-order valence-corrected chi connectivity index (χ2v) is 2.49. The summed E-state index contributed by atoms with van der Waals surface area (Å²) in [4.78, 5) is 0. The van der Waals surface area contributed by atoms with Gasteiger partial charge in [0.25, 0.3) is 0 Å². The first kappa shape index (κ1) is 6.40. The van der Waals surface area contributed by atoms with Crippen molar-refractivity contribution in [1.82, 2.24) is 4.57 Å². The molecule has 1 heterocycles. The zero-order valence-corrected chi connectivity index (χ0v) is 6.23. The summed E-state index contributed by atoms with van der Waals surface area (Å²) in [5.41, 5.74) is 3.69. The molecule has 0 aliphatic rings. The first-order valence-electron chi connectivity index (χ1n) is 3.07. The van der Waals surface area contributed by atoms with Gasteiger partial charge in [0, 0.05) is 18.9 Å². The third-order valence-corrected chi connectivity index (χ3v) is 1.83. The van der Waals surface area contributed by atoms with Crippen LogP contribution < -0.4 is 0 Å². The van der Waals surface area contributed by atoms with Gasteiger partial charge in [0.1, 0.15) is 0 Å². The third kappa shape index (κ3) is 0.869. The summed E-state index contributed by atoms with van der Waals surface area (Å²) in [6.07, 6.45) is 2.09. The largest absolute Gasteiger partial charge is 0.354 e. The standard InChI is InChI=1S/C8H12N/c1-6-5-9(4)8(3)7(6)2/h5H,2H2,1,3-4H3. The topological polar surface area (TPSA) is 4.93 Å². The fourth-order valence-electron chi connectivity index (χ4n) is 0.963. The van der Waals surface area contributed by atoms with Crippen molar-refractivity contribution in [1.29, 1.82) is 0 Å². The van der Waals surface area contributed by atoms with E-state index < -0.39 is 0 Å². The molecule has 0 saturated carbocycles. The Balaban J connectivity index is 3.29. The minimum absolute atomic E-state index is 1.16. The van der Waals surface area contributed by atoms with Crippen LogP contribution in [0.5, 0.6) is 0 Å². The van der Waals surface area contributed by atoms with Crippen LogP contribution in [0.15, 0.2) is 6.20 Å². The summed E-state index contributed by atoms with van der Waals surface area (Å²) in [6.45, 7) is 8.08. The van der Waals surface area contributed by atoms with Gasteiger partial charge in [-0.3, -0.25) is 0 Å². The van der Waals surface area contributed by atoms with Gasteiger partial charge in [-0.25, -0.2) is 0 Å². The van der Waals surface area contributed by atoms with Crippen molar-refractivity contribution < 1.29 is 0 Å². The summed E-state index contributed by atoms with van der Waals surface area (Å²) < 4.78 is 2.09. The molecule has 1 aromatic rings. The molecule has 0 spiro atoms. The highest BCUT2D eigenvalue weighted by molar-refractivity contribution is 5.32. The van der Waals surface area contributed by atoms with E-state index in [-0.39, 0.29) is 0 Å². The van der Waals surface area contributed by atoms with E-state index in [1.165, 1.54) is 11.3 Å². The van der Waals surface area contributed by atoms with Gasteiger partial charge in [-0.2, -0.15) is 0 Å². The van der Waals surface area contributed by atoms with E-state index in [0.29, 0.717) is 0 Å². The molecule has 0 aromatic carbocycles. The van der Waals surface area contributed by atoms with Crippen molar-refractivity contribution in [3.63, 3.8) is 0 Å². The molecule has 49 valence electrons. The van der Waals surface area contributed by atoms with Crippen LogP contribution in [0.2, 0.25) is 0 Å². The van der Waals surface area contributed by atoms with E-state index in [1.807, 2.05) is 7.05 Å². The van der Waals surface area contributed by atoms with E-state index in [2.05, 4.69) is 31.5 Å². The van der Waals surface area contributed by atoms with E-state index in [9.17, 15) is 0 Å². The Morgan fingerprint density at radius 3 is 2.11 bits per heavy atom. The van der Waals surface area contributed by atoms with Crippen LogP contribution in [0.3, 0.4) is 0 Å². The summed E-state index contributed by atoms with van der Waals surface area (Å²) in [5, 5.41) is 0. The minimum Gasteiger partial charge on any atom is -0.354 e. The smallest absolute Gasteiger partial charge is 0.0175 e. The molecule has 0 fully saturated rings. The lowest BCUT2D eigenvalue weighted by Crippen LogP contribution is -1.87. The summed E-state index contributed by atoms with van der Waals surface area (Å²) in [5.74, 6) is 0. The second kappa shape index (κ2) is 1.90. The SMILES string of the molecule is [CH2]c1c(C)cn(C)c1C. The summed E-state index contributed by atoms with van der Waals surface area (Å²) in [6, 6.07) is 0. The molecule has 0 saturated heterocycles. The van der Waals surface area contributed by atoms with E-state index >= 15 is 0 Å². The molecule has 0 N–H and O–H groups in total. The molecule has 0 amide bonds. The highest BCUT2D eigenvalue weighted by Crippen LogP contribution is 2.11. The fourth-order valence-corrected chi connectivity index (χ4v) is 0.963. The van der Waals surface area contributed by atoms with Crippen LogP contribution >= 0.6 is 0 Å². The number of hydrogen-bond acceptors (Lipinski definition) is 0. The molecule has 1 rings (SSSR count). The monoisotopic (exact) mass is 122 g/mol. The van der Waals surface area contributed by atoms with Crippen LogP contribution in [0.25, 0.3) is 0 Å². The normalized spacial score (nSPS) is 10.2. The number of hydrogen-bond donors (Lipinski definition) is 0. The first-order chi connectivity index (χ1) is 4.13. The predicted molar refractivity (Wildman–Crippen MR) is 39.3 cm³/mol. The van der Waals surface area contributed by atoms with Crippen molar-refractivity contribution in [3.8, 4) is 0 Å². The first-order valence-corrected chi connectivity index (χ1v) is 3.07. The van der Waals surface area contributed by atoms with Gasteiger partial charge in [0.2, 0.25) is 0 Å². The lowest BCUT2D eigenvalue weighted by atomic mass is 10.2. The van der Waals surface area contributed by atoms with Crippen molar-refractivity contribution in [2.45, 2.75) is 13.8 Å². The van der Waals surface area contributed by atoms with Crippen molar-refractivity contribution in [3.05, 3.63) is 29.9 Å². The molecule has 1 radical (unpaired) electrons. The maximum absolute atomic E-state index is 3.92. The fraction of sp³-hybridized carbons (Fsp3) is 0.375. The van der Waals surface area contributed by atoms with Crippen LogP contribution in [-0.2, 0) is 7.05 Å². The summed E-state index contributed by atoms with van der Waals surface area (Å²) in [7, 11) is 2.04. The minimum atomic E-state index is 1.16. The molecular weight excluding hydrogens is 110 g/mol. The van der Waals surface area contributed by atoms with Crippen LogP contribution in [0, 0.1) is 20.8 Å². The lowest BCUT2D eigenvalue weighted by Gasteiger charge is -1.93. The Kier molecular flexibility index (Phi) is 1.35. The molecule has 0 aliphatic carbocycles. The van der Waals surface area contributed by atoms with Crippen LogP contribution in [0.1, 0.15) is 16.8 Å². The molecular formula is C8H12N. The van der Waals surface area contributed by atoms with Gasteiger partial charge >= 0.3 is 0 Å². The molecule has 1 aromatic heterocycles. The van der Waals surface area contributed by atoms with Crippen molar-refractivity contribution >= 4 is 0 Å². The average Bonchev–Trinajstić information content (AvgIpc) is 1.98. The molecule has 1 heteroatoms. The number of aryl methyl sites for hydroxylation is 2. The Labute approximate surface area is 56.3 Å². The maximum Gasteiger partial charge on any atom is 0.0175 e. The Hall–Kier alpha value is -0.720. The van der Waals surface area contributed by atoms with Crippen molar-refractivity contribution in [2.75, 3.05) is 0 Å². The highest BCUT2D eigenvalue weighted by atomic mass is 14.9. The van der Waals surface area contributed by atoms with Gasteiger partial charge in [-0.15, -0.1) is 0 Å². The van der Waals surface area contributed by atoms with Gasteiger partial charge in [0.05, 0.1) is 0 Å². The number of nitrogens with zero attached hydrogens (tertiary/aromatic N) is 1. The quantitative estimate of drug-likeness (QED) is 0.494. The van der Waals surface area contributed by atoms with Crippen molar-refractivity contribution in [2.24, 2.45) is 7.05 Å². The van der Waals surface area contributed by atoms with Gasteiger partial charge in [-0.05, 0) is 31.9 Å². The average molecular weight is 122 g/mol. The molecule has 0 atom stereocenters. The van der Waals surface area contributed by atoms with Gasteiger partial charge in [-0.1, -0.05) is 0 Å². The van der Waals surface area contributed by atoms with Gasteiger partial charge in [0.15, 0.2) is 0 Å². The van der Waals surface area contributed by atoms with E-state index in [4.69, 9.17) is 0 Å². The maximum atomic E-state index is 3.92. The molecule has 1 nitrogen and oxygen atoms in total. The van der Waals surface area contributed by atoms with Crippen LogP contribution in [-0.4, -0.2) is 4.57 Å². The van der Waals surface area contributed by atoms with Gasteiger partial charge < -0.3 is 4.57 Å². The Bertz CT molecular complexity index is 198. The third-order valence-electron chi connectivity index (χ3n) is 1.83. The van der Waals surface area contributed by atoms with E-state index in [1.54, 1.807) is 0 Å². The molecule has 0 bridgehead atoms. The molecule has 0 unspecified atom stereocenters. The Morgan fingerprint density at radius 1 is 1.44 bits per heavy atom. The van der Waals surface area contributed by atoms with Crippen LogP contribution in [0.4, 0.5) is 0 Å². The second-order valence-electron chi connectivity index (χ2n) is 2.49. The Morgan fingerprint density at radius 2 is 2.00 bits per heavy atom. The molecule has 9 heavy (non-hydrogen) atoms. The predicted octanol–water partition coefficient (Wildman–Crippen LogP) is 1.82. The van der Waals surface area contributed by atoms with E-state index in [0.717, 1.165) is 5.56 Å².